The third kappa shape index (κ3) is 5.78. The van der Waals surface area contributed by atoms with Crippen LogP contribution in [0.1, 0.15) is 58.4 Å². The van der Waals surface area contributed by atoms with Crippen LogP contribution < -0.4 is 4.74 Å². The number of hydrogen-bond acceptors (Lipinski definition) is 4. The molecule has 8 heteroatoms. The summed E-state index contributed by atoms with van der Waals surface area (Å²) in [6, 6.07) is 5.42. The van der Waals surface area contributed by atoms with Gasteiger partial charge in [-0.1, -0.05) is 12.1 Å². The van der Waals surface area contributed by atoms with Crippen LogP contribution in [0.15, 0.2) is 24.3 Å². The molecule has 29 heavy (non-hydrogen) atoms. The summed E-state index contributed by atoms with van der Waals surface area (Å²) < 4.78 is 47.0. The van der Waals surface area contributed by atoms with Crippen LogP contribution in [0, 0.1) is 0 Å². The van der Waals surface area contributed by atoms with Crippen molar-refractivity contribution < 1.29 is 32.5 Å². The number of fused-ring (bicyclic) bond motifs is 2. The summed E-state index contributed by atoms with van der Waals surface area (Å²) in [7, 11) is 0. The largest absolute Gasteiger partial charge is 0.573 e. The summed E-state index contributed by atoms with van der Waals surface area (Å²) in [4.78, 5) is 14.4. The van der Waals surface area contributed by atoms with Crippen molar-refractivity contribution in [1.82, 2.24) is 4.90 Å². The normalized spacial score (nSPS) is 27.5. The lowest BCUT2D eigenvalue weighted by Gasteiger charge is -2.51. The van der Waals surface area contributed by atoms with E-state index in [0.29, 0.717) is 18.4 Å². The summed E-state index contributed by atoms with van der Waals surface area (Å²) in [6.07, 6.45) is -1.66. The lowest BCUT2D eigenvalue weighted by Crippen LogP contribution is -2.61. The summed E-state index contributed by atoms with van der Waals surface area (Å²) >= 11 is 0. The smallest absolute Gasteiger partial charge is 0.444 e. The summed E-state index contributed by atoms with van der Waals surface area (Å²) in [5.74, 6) is -0.301. The Morgan fingerprint density at radius 3 is 2.38 bits per heavy atom. The molecule has 0 saturated carbocycles. The SMILES string of the molecule is CC(C)(C)OC(=O)N1C2CCCC1CC(O)(Cc1cccc(OC(F)(F)F)c1)C2. The minimum absolute atomic E-state index is 0.142. The molecule has 2 bridgehead atoms. The van der Waals surface area contributed by atoms with Crippen molar-refractivity contribution in [3.05, 3.63) is 29.8 Å². The molecule has 2 atom stereocenters. The van der Waals surface area contributed by atoms with E-state index in [9.17, 15) is 23.1 Å². The zero-order valence-electron chi connectivity index (χ0n) is 17.0. The van der Waals surface area contributed by atoms with Gasteiger partial charge in [0, 0.05) is 18.5 Å². The molecule has 0 radical (unpaired) electrons. The number of carbonyl (C=O) groups is 1. The average Bonchev–Trinajstić information content (AvgIpc) is 2.50. The van der Waals surface area contributed by atoms with E-state index in [2.05, 4.69) is 4.74 Å². The van der Waals surface area contributed by atoms with Crippen LogP contribution in [0.4, 0.5) is 18.0 Å². The molecule has 0 spiro atoms. The predicted octanol–water partition coefficient (Wildman–Crippen LogP) is 4.81. The minimum Gasteiger partial charge on any atom is -0.444 e. The second kappa shape index (κ2) is 7.70. The molecule has 2 heterocycles. The highest BCUT2D eigenvalue weighted by Crippen LogP contribution is 2.41. The number of alkyl halides is 3. The number of hydrogen-bond donors (Lipinski definition) is 1. The van der Waals surface area contributed by atoms with Crippen molar-refractivity contribution in [2.45, 2.75) is 88.9 Å². The molecule has 1 aromatic rings. The van der Waals surface area contributed by atoms with Gasteiger partial charge in [0.15, 0.2) is 0 Å². The van der Waals surface area contributed by atoms with Gasteiger partial charge in [0.2, 0.25) is 0 Å². The maximum absolute atomic E-state index is 12.7. The highest BCUT2D eigenvalue weighted by atomic mass is 19.4. The molecule has 162 valence electrons. The van der Waals surface area contributed by atoms with Gasteiger partial charge in [-0.15, -0.1) is 13.2 Å². The number of aliphatic hydroxyl groups is 1. The molecular formula is C21H28F3NO4. The van der Waals surface area contributed by atoms with Crippen LogP contribution in [0.5, 0.6) is 5.75 Å². The van der Waals surface area contributed by atoms with Crippen LogP contribution >= 0.6 is 0 Å². The van der Waals surface area contributed by atoms with Crippen LogP contribution in [0.3, 0.4) is 0 Å². The molecule has 2 unspecified atom stereocenters. The monoisotopic (exact) mass is 415 g/mol. The van der Waals surface area contributed by atoms with Crippen molar-refractivity contribution >= 4 is 6.09 Å². The highest BCUT2D eigenvalue weighted by Gasteiger charge is 2.48. The first kappa shape index (κ1) is 21.7. The van der Waals surface area contributed by atoms with Crippen molar-refractivity contribution in [2.75, 3.05) is 0 Å². The first-order valence-electron chi connectivity index (χ1n) is 9.92. The van der Waals surface area contributed by atoms with Crippen molar-refractivity contribution in [3.63, 3.8) is 0 Å². The second-order valence-corrected chi connectivity index (χ2v) is 9.13. The van der Waals surface area contributed by atoms with Crippen molar-refractivity contribution in [2.24, 2.45) is 0 Å². The topological polar surface area (TPSA) is 59.0 Å². The molecule has 1 amide bonds. The van der Waals surface area contributed by atoms with Crippen LogP contribution in [0.2, 0.25) is 0 Å². The first-order chi connectivity index (χ1) is 13.3. The number of ether oxygens (including phenoxy) is 2. The molecule has 1 aromatic carbocycles. The molecular weight excluding hydrogens is 387 g/mol. The number of piperidine rings is 2. The summed E-state index contributed by atoms with van der Waals surface area (Å²) in [5.41, 5.74) is -1.12. The third-order valence-corrected chi connectivity index (χ3v) is 5.36. The van der Waals surface area contributed by atoms with Crippen LogP contribution in [-0.4, -0.2) is 45.7 Å². The summed E-state index contributed by atoms with van der Waals surface area (Å²) in [5, 5.41) is 11.2. The lowest BCUT2D eigenvalue weighted by molar-refractivity contribution is -0.274. The van der Waals surface area contributed by atoms with Crippen molar-refractivity contribution in [1.29, 1.82) is 0 Å². The van der Waals surface area contributed by atoms with Gasteiger partial charge in [-0.05, 0) is 70.6 Å². The van der Waals surface area contributed by atoms with E-state index in [1.54, 1.807) is 11.0 Å². The van der Waals surface area contributed by atoms with Gasteiger partial charge in [-0.2, -0.15) is 0 Å². The zero-order chi connectivity index (χ0) is 21.4. The van der Waals surface area contributed by atoms with E-state index >= 15 is 0 Å². The Kier molecular flexibility index (Phi) is 5.77. The van der Waals surface area contributed by atoms with Gasteiger partial charge in [0.05, 0.1) is 5.60 Å². The van der Waals surface area contributed by atoms with Gasteiger partial charge in [0.1, 0.15) is 11.4 Å². The number of halogens is 3. The van der Waals surface area contributed by atoms with E-state index in [-0.39, 0.29) is 30.3 Å². The maximum Gasteiger partial charge on any atom is 0.573 e. The van der Waals surface area contributed by atoms with E-state index in [4.69, 9.17) is 4.74 Å². The van der Waals surface area contributed by atoms with Gasteiger partial charge in [-0.25, -0.2) is 4.79 Å². The summed E-state index contributed by atoms with van der Waals surface area (Å²) in [6.45, 7) is 5.45. The Balaban J connectivity index is 1.73. The molecule has 2 saturated heterocycles. The minimum atomic E-state index is -4.76. The van der Waals surface area contributed by atoms with E-state index in [1.165, 1.54) is 18.2 Å². The molecule has 0 aromatic heterocycles. The molecule has 3 rings (SSSR count). The van der Waals surface area contributed by atoms with E-state index in [1.807, 2.05) is 20.8 Å². The zero-order valence-corrected chi connectivity index (χ0v) is 17.0. The average molecular weight is 415 g/mol. The van der Waals surface area contributed by atoms with Gasteiger partial charge >= 0.3 is 12.5 Å². The third-order valence-electron chi connectivity index (χ3n) is 5.36. The standard InChI is InChI=1S/C21H28F3NO4/c1-19(2,3)29-18(26)25-15-7-5-8-16(25)13-20(27,12-15)11-14-6-4-9-17(10-14)28-21(22,23)24/h4,6,9-10,15-16,27H,5,7-8,11-13H2,1-3H3. The van der Waals surface area contributed by atoms with E-state index in [0.717, 1.165) is 19.3 Å². The molecule has 2 aliphatic heterocycles. The molecule has 2 fully saturated rings. The molecule has 1 N–H and O–H groups in total. The Hall–Kier alpha value is -1.96. The Labute approximate surface area is 168 Å². The number of benzene rings is 1. The highest BCUT2D eigenvalue weighted by molar-refractivity contribution is 5.69. The first-order valence-corrected chi connectivity index (χ1v) is 9.92. The second-order valence-electron chi connectivity index (χ2n) is 9.13. The number of rotatable bonds is 3. The Morgan fingerprint density at radius 1 is 1.21 bits per heavy atom. The lowest BCUT2D eigenvalue weighted by atomic mass is 9.73. The molecule has 0 aliphatic carbocycles. The molecule has 5 nitrogen and oxygen atoms in total. The van der Waals surface area contributed by atoms with Gasteiger partial charge in [-0.3, -0.25) is 0 Å². The van der Waals surface area contributed by atoms with Crippen LogP contribution in [0.25, 0.3) is 0 Å². The number of nitrogens with zero attached hydrogens (tertiary/aromatic N) is 1. The number of carbonyl (C=O) groups excluding carboxylic acids is 1. The quantitative estimate of drug-likeness (QED) is 0.770. The number of amides is 1. The van der Waals surface area contributed by atoms with Crippen LogP contribution in [-0.2, 0) is 11.2 Å². The maximum atomic E-state index is 12.7. The Bertz CT molecular complexity index is 730. The van der Waals surface area contributed by atoms with Gasteiger partial charge in [0.25, 0.3) is 0 Å². The van der Waals surface area contributed by atoms with Crippen molar-refractivity contribution in [3.8, 4) is 5.75 Å². The predicted molar refractivity (Wildman–Crippen MR) is 101 cm³/mol. The van der Waals surface area contributed by atoms with E-state index < -0.39 is 17.6 Å². The molecule has 2 aliphatic rings. The fraction of sp³-hybridized carbons (Fsp3) is 0.667. The Morgan fingerprint density at radius 2 is 1.83 bits per heavy atom. The van der Waals surface area contributed by atoms with Gasteiger partial charge < -0.3 is 19.5 Å². The fourth-order valence-corrected chi connectivity index (χ4v) is 4.52. The fourth-order valence-electron chi connectivity index (χ4n) is 4.52.